The fraction of sp³-hybridized carbons (Fsp3) is 0.364. The van der Waals surface area contributed by atoms with Crippen LogP contribution in [-0.2, 0) is 11.2 Å². The van der Waals surface area contributed by atoms with Crippen molar-refractivity contribution in [3.63, 3.8) is 0 Å². The molecule has 0 aliphatic rings. The van der Waals surface area contributed by atoms with Gasteiger partial charge in [-0.15, -0.1) is 0 Å². The molecular weight excluding hydrogens is 242 g/mol. The van der Waals surface area contributed by atoms with E-state index in [1.165, 1.54) is 0 Å². The highest BCUT2D eigenvalue weighted by atomic mass is 79.9. The second-order valence-electron chi connectivity index (χ2n) is 3.54. The zero-order valence-corrected chi connectivity index (χ0v) is 10.3. The summed E-state index contributed by atoms with van der Waals surface area (Å²) in [5, 5.41) is 0. The van der Waals surface area contributed by atoms with E-state index >= 15 is 0 Å². The maximum absolute atomic E-state index is 11.5. The summed E-state index contributed by atoms with van der Waals surface area (Å²) in [7, 11) is 3.55. The fourth-order valence-electron chi connectivity index (χ4n) is 1.15. The van der Waals surface area contributed by atoms with Gasteiger partial charge in [-0.2, -0.15) is 0 Å². The molecule has 1 aromatic rings. The van der Waals surface area contributed by atoms with Gasteiger partial charge in [-0.05, 0) is 30.2 Å². The fourth-order valence-corrected chi connectivity index (χ4v) is 1.56. The van der Waals surface area contributed by atoms with Crippen molar-refractivity contribution in [3.8, 4) is 0 Å². The van der Waals surface area contributed by atoms with E-state index in [1.54, 1.807) is 19.0 Å². The summed E-state index contributed by atoms with van der Waals surface area (Å²) in [5.74, 6) is 0.131. The van der Waals surface area contributed by atoms with Crippen LogP contribution in [0.5, 0.6) is 0 Å². The van der Waals surface area contributed by atoms with E-state index in [0.29, 0.717) is 6.42 Å². The van der Waals surface area contributed by atoms with Crippen LogP contribution in [0.4, 0.5) is 0 Å². The summed E-state index contributed by atoms with van der Waals surface area (Å²) in [4.78, 5) is 13.1. The lowest BCUT2D eigenvalue weighted by molar-refractivity contribution is -0.127. The molecule has 0 spiro atoms. The lowest BCUT2D eigenvalue weighted by atomic mass is 10.1. The molecule has 0 radical (unpaired) electrons. The Morgan fingerprint density at radius 2 is 2.07 bits per heavy atom. The molecule has 0 fully saturated rings. The standard InChI is InChI=1S/C11H14BrNO/c1-8-4-5-10(12)6-9(8)7-11(14)13(2)3/h4-6H,7H2,1-3H3. The molecule has 0 N–H and O–H groups in total. The molecule has 1 amide bonds. The van der Waals surface area contributed by atoms with E-state index in [2.05, 4.69) is 15.9 Å². The number of carbonyl (C=O) groups excluding carboxylic acids is 1. The highest BCUT2D eigenvalue weighted by molar-refractivity contribution is 9.10. The quantitative estimate of drug-likeness (QED) is 0.795. The Labute approximate surface area is 93.0 Å². The molecule has 2 nitrogen and oxygen atoms in total. The maximum atomic E-state index is 11.5. The summed E-state index contributed by atoms with van der Waals surface area (Å²) in [6.07, 6.45) is 0.471. The van der Waals surface area contributed by atoms with Crippen molar-refractivity contribution in [2.75, 3.05) is 14.1 Å². The average molecular weight is 256 g/mol. The number of halogens is 1. The van der Waals surface area contributed by atoms with Crippen LogP contribution < -0.4 is 0 Å². The van der Waals surface area contributed by atoms with Gasteiger partial charge in [0, 0.05) is 18.6 Å². The van der Waals surface area contributed by atoms with Gasteiger partial charge in [-0.25, -0.2) is 0 Å². The van der Waals surface area contributed by atoms with Crippen LogP contribution in [0.15, 0.2) is 22.7 Å². The van der Waals surface area contributed by atoms with Gasteiger partial charge in [0.2, 0.25) is 5.91 Å². The summed E-state index contributed by atoms with van der Waals surface area (Å²) in [6, 6.07) is 6.00. The number of hydrogen-bond acceptors (Lipinski definition) is 1. The third kappa shape index (κ3) is 2.84. The van der Waals surface area contributed by atoms with E-state index in [1.807, 2.05) is 25.1 Å². The Morgan fingerprint density at radius 3 is 2.64 bits per heavy atom. The monoisotopic (exact) mass is 255 g/mol. The van der Waals surface area contributed by atoms with Crippen molar-refractivity contribution in [2.45, 2.75) is 13.3 Å². The Bertz CT molecular complexity index is 347. The minimum atomic E-state index is 0.131. The highest BCUT2D eigenvalue weighted by Crippen LogP contribution is 2.16. The molecule has 76 valence electrons. The Kier molecular flexibility index (Phi) is 3.69. The second kappa shape index (κ2) is 4.60. The molecule has 0 saturated carbocycles. The number of benzene rings is 1. The number of carbonyl (C=O) groups is 1. The number of hydrogen-bond donors (Lipinski definition) is 0. The average Bonchev–Trinajstić information content (AvgIpc) is 2.11. The van der Waals surface area contributed by atoms with Gasteiger partial charge < -0.3 is 4.90 Å². The lowest BCUT2D eigenvalue weighted by Crippen LogP contribution is -2.23. The van der Waals surface area contributed by atoms with Crippen molar-refractivity contribution in [1.29, 1.82) is 0 Å². The van der Waals surface area contributed by atoms with Crippen LogP contribution in [0.25, 0.3) is 0 Å². The third-order valence-corrected chi connectivity index (χ3v) is 2.64. The van der Waals surface area contributed by atoms with Crippen LogP contribution in [-0.4, -0.2) is 24.9 Å². The molecule has 0 heterocycles. The first-order valence-electron chi connectivity index (χ1n) is 4.46. The minimum Gasteiger partial charge on any atom is -0.349 e. The van der Waals surface area contributed by atoms with Crippen LogP contribution in [0.1, 0.15) is 11.1 Å². The van der Waals surface area contributed by atoms with Gasteiger partial charge in [0.1, 0.15) is 0 Å². The second-order valence-corrected chi connectivity index (χ2v) is 4.45. The molecule has 3 heteroatoms. The summed E-state index contributed by atoms with van der Waals surface area (Å²) in [6.45, 7) is 2.02. The largest absolute Gasteiger partial charge is 0.349 e. The normalized spacial score (nSPS) is 10.0. The van der Waals surface area contributed by atoms with Crippen LogP contribution in [0.2, 0.25) is 0 Å². The van der Waals surface area contributed by atoms with Crippen LogP contribution in [0.3, 0.4) is 0 Å². The maximum Gasteiger partial charge on any atom is 0.226 e. The molecule has 14 heavy (non-hydrogen) atoms. The molecule has 0 aliphatic carbocycles. The summed E-state index contributed by atoms with van der Waals surface area (Å²) < 4.78 is 1.02. The van der Waals surface area contributed by atoms with E-state index in [0.717, 1.165) is 15.6 Å². The molecule has 1 aromatic carbocycles. The third-order valence-electron chi connectivity index (χ3n) is 2.15. The Hall–Kier alpha value is -0.830. The highest BCUT2D eigenvalue weighted by Gasteiger charge is 2.07. The number of nitrogens with zero attached hydrogens (tertiary/aromatic N) is 1. The topological polar surface area (TPSA) is 20.3 Å². The van der Waals surface area contributed by atoms with Crippen molar-refractivity contribution in [2.24, 2.45) is 0 Å². The first-order valence-corrected chi connectivity index (χ1v) is 5.25. The molecular formula is C11H14BrNO. The Morgan fingerprint density at radius 1 is 1.43 bits per heavy atom. The van der Waals surface area contributed by atoms with E-state index in [4.69, 9.17) is 0 Å². The number of aryl methyl sites for hydroxylation is 1. The lowest BCUT2D eigenvalue weighted by Gasteiger charge is -2.11. The van der Waals surface area contributed by atoms with Crippen molar-refractivity contribution in [3.05, 3.63) is 33.8 Å². The van der Waals surface area contributed by atoms with Crippen molar-refractivity contribution in [1.82, 2.24) is 4.90 Å². The number of amides is 1. The number of rotatable bonds is 2. The predicted molar refractivity (Wildman–Crippen MR) is 61.3 cm³/mol. The molecule has 0 saturated heterocycles. The Balaban J connectivity index is 2.86. The van der Waals surface area contributed by atoms with Crippen molar-refractivity contribution < 1.29 is 4.79 Å². The van der Waals surface area contributed by atoms with Gasteiger partial charge in [0.15, 0.2) is 0 Å². The molecule has 1 rings (SSSR count). The van der Waals surface area contributed by atoms with Crippen LogP contribution in [0, 0.1) is 6.92 Å². The summed E-state index contributed by atoms with van der Waals surface area (Å²) in [5.41, 5.74) is 2.24. The van der Waals surface area contributed by atoms with Gasteiger partial charge in [-0.3, -0.25) is 4.79 Å². The van der Waals surface area contributed by atoms with E-state index in [9.17, 15) is 4.79 Å². The minimum absolute atomic E-state index is 0.131. The zero-order valence-electron chi connectivity index (χ0n) is 8.67. The first kappa shape index (κ1) is 11.2. The zero-order chi connectivity index (χ0) is 10.7. The van der Waals surface area contributed by atoms with Gasteiger partial charge in [-0.1, -0.05) is 22.0 Å². The molecule has 0 aliphatic heterocycles. The van der Waals surface area contributed by atoms with Gasteiger partial charge in [0.05, 0.1) is 6.42 Å². The number of likely N-dealkylation sites (N-methyl/N-ethyl adjacent to an activating group) is 1. The smallest absolute Gasteiger partial charge is 0.226 e. The first-order chi connectivity index (χ1) is 6.50. The molecule has 0 aromatic heterocycles. The van der Waals surface area contributed by atoms with Gasteiger partial charge in [0.25, 0.3) is 0 Å². The molecule has 0 bridgehead atoms. The summed E-state index contributed by atoms with van der Waals surface area (Å²) >= 11 is 3.40. The van der Waals surface area contributed by atoms with E-state index in [-0.39, 0.29) is 5.91 Å². The SMILES string of the molecule is Cc1ccc(Br)cc1CC(=O)N(C)C. The molecule has 0 unspecified atom stereocenters. The predicted octanol–water partition coefficient (Wildman–Crippen LogP) is 2.39. The van der Waals surface area contributed by atoms with E-state index < -0.39 is 0 Å². The van der Waals surface area contributed by atoms with Crippen molar-refractivity contribution >= 4 is 21.8 Å². The van der Waals surface area contributed by atoms with Crippen LogP contribution >= 0.6 is 15.9 Å². The van der Waals surface area contributed by atoms with Gasteiger partial charge >= 0.3 is 0 Å². The molecule has 0 atom stereocenters.